The van der Waals surface area contributed by atoms with E-state index in [1.165, 1.54) is 42.5 Å². The Balaban J connectivity index is 0.948. The number of urea groups is 1. The number of nitrogens with zero attached hydrogens (tertiary/aromatic N) is 2. The van der Waals surface area contributed by atoms with E-state index in [0.29, 0.717) is 63.8 Å². The quantitative estimate of drug-likeness (QED) is 0.0179. The highest BCUT2D eigenvalue weighted by molar-refractivity contribution is 7.46. The van der Waals surface area contributed by atoms with Gasteiger partial charge in [0.25, 0.3) is 17.7 Å². The molecule has 2 aliphatic rings. The zero-order chi connectivity index (χ0) is 53.3. The van der Waals surface area contributed by atoms with Crippen molar-refractivity contribution in [2.45, 2.75) is 63.8 Å². The summed E-state index contributed by atoms with van der Waals surface area (Å²) in [6, 6.07) is 19.0. The Morgan fingerprint density at radius 3 is 2.24 bits per heavy atom. The van der Waals surface area contributed by atoms with Crippen molar-refractivity contribution >= 4 is 99.6 Å². The van der Waals surface area contributed by atoms with E-state index in [2.05, 4.69) is 36.9 Å². The zero-order valence-electron chi connectivity index (χ0n) is 40.4. The van der Waals surface area contributed by atoms with Gasteiger partial charge in [-0.25, -0.2) is 9.36 Å². The summed E-state index contributed by atoms with van der Waals surface area (Å²) < 4.78 is 17.0. The Morgan fingerprint density at radius 2 is 1.57 bits per heavy atom. The first kappa shape index (κ1) is 54.4. The van der Waals surface area contributed by atoms with Crippen LogP contribution in [0.1, 0.15) is 73.3 Å². The normalized spacial score (nSPS) is 15.5. The molecule has 0 radical (unpaired) electrons. The monoisotopic (exact) mass is 1060 g/mol. The fraction of sp³-hybridized carbons (Fsp3) is 0.340. The molecule has 4 aromatic carbocycles. The number of halogens is 1. The number of aromatic nitrogens is 1. The predicted molar refractivity (Wildman–Crippen MR) is 277 cm³/mol. The van der Waals surface area contributed by atoms with E-state index in [1.807, 2.05) is 19.9 Å². The number of phosphoric acid groups is 1. The van der Waals surface area contributed by atoms with E-state index in [-0.39, 0.29) is 74.0 Å². The van der Waals surface area contributed by atoms with Crippen LogP contribution >= 0.6 is 19.4 Å². The lowest BCUT2D eigenvalue weighted by Crippen LogP contribution is -2.54. The number of amides is 8. The highest BCUT2D eigenvalue weighted by Gasteiger charge is 2.36. The molecule has 5 aromatic rings. The van der Waals surface area contributed by atoms with Crippen molar-refractivity contribution in [2.24, 2.45) is 11.7 Å². The van der Waals surface area contributed by atoms with Gasteiger partial charge < -0.3 is 57.1 Å². The lowest BCUT2D eigenvalue weighted by atomic mass is 9.95. The van der Waals surface area contributed by atoms with Gasteiger partial charge in [0.1, 0.15) is 11.8 Å². The number of anilines is 3. The Labute approximate surface area is 430 Å². The highest BCUT2D eigenvalue weighted by Crippen LogP contribution is 2.50. The largest absolute Gasteiger partial charge is 0.524 e. The number of aliphatic hydroxyl groups excluding tert-OH is 1. The van der Waals surface area contributed by atoms with Crippen molar-refractivity contribution in [1.82, 2.24) is 31.2 Å². The molecule has 4 unspecified atom stereocenters. The van der Waals surface area contributed by atoms with Gasteiger partial charge in [0, 0.05) is 108 Å². The number of aromatic amines is 1. The first-order chi connectivity index (χ1) is 35.3. The van der Waals surface area contributed by atoms with Crippen LogP contribution in [-0.2, 0) is 28.5 Å². The molecule has 1 aromatic heterocycles. The van der Waals surface area contributed by atoms with E-state index in [4.69, 9.17) is 21.9 Å². The van der Waals surface area contributed by atoms with Crippen LogP contribution in [0.15, 0.2) is 91.0 Å². The summed E-state index contributed by atoms with van der Waals surface area (Å²) in [6.45, 7) is 4.61. The number of alkyl halides is 1. The van der Waals surface area contributed by atoms with Crippen LogP contribution in [0, 0.1) is 5.92 Å². The van der Waals surface area contributed by atoms with E-state index in [0.717, 1.165) is 10.5 Å². The molecule has 22 nitrogen and oxygen atoms in total. The van der Waals surface area contributed by atoms with E-state index in [1.54, 1.807) is 47.4 Å². The molecule has 392 valence electrons. The Kier molecular flexibility index (Phi) is 17.8. The van der Waals surface area contributed by atoms with Crippen LogP contribution in [0.5, 0.6) is 5.75 Å². The second kappa shape index (κ2) is 24.1. The standard InChI is InChI=1S/C50H58ClN10O12P/c1-28(2)45(54-21-20-53-41(62)10-6-22-60-42(63)17-18-43(60)64)48(67)59-37(9-5-19-55-50(52)69)47(66)56-32-13-11-29(12-14-32)46(65)57-33-15-16-36-30(23-33)24-38(58-36)49(68)61-27-31(26-51)44-35-8-4-3-7-34(35)40(25-39(44)61)73-74(70,71)72/h3-4,7-8,11-18,23-25,28,31,37,45,49,54,58,68H,5-6,9-10,19-22,26-27H2,1-2H3,(H,53,62)(H,56,66)(H,57,65)(H,59,67)(H3,52,55,69)(H2,70,71,72). The molecule has 8 amide bonds. The smallest absolute Gasteiger partial charge is 0.404 e. The molecule has 24 heteroatoms. The van der Waals surface area contributed by atoms with Crippen LogP contribution in [0.3, 0.4) is 0 Å². The summed E-state index contributed by atoms with van der Waals surface area (Å²) in [4.78, 5) is 113. The number of H-pyrrole nitrogens is 1. The average molecular weight is 1060 g/mol. The Morgan fingerprint density at radius 1 is 0.865 bits per heavy atom. The van der Waals surface area contributed by atoms with E-state index in [9.17, 15) is 53.0 Å². The van der Waals surface area contributed by atoms with E-state index < -0.39 is 61.7 Å². The molecule has 74 heavy (non-hydrogen) atoms. The third-order valence-corrected chi connectivity index (χ3v) is 13.3. The molecular formula is C50H58ClN10O12P. The molecule has 0 bridgehead atoms. The lowest BCUT2D eigenvalue weighted by molar-refractivity contribution is -0.137. The SMILES string of the molecule is CC(C)C(NCCNC(=O)CCCN1C(=O)C=CC1=O)C(=O)NC(CCCNC(N)=O)C(=O)Nc1ccc(C(=O)Nc2ccc3[nH]c(C(O)N4CC(CCl)c5c4cc(OP(=O)(O)O)c4ccccc54)cc3c2)cc1. The minimum Gasteiger partial charge on any atom is -0.404 e. The number of nitrogens with two attached hydrogens (primary N) is 1. The molecule has 0 spiro atoms. The molecular weight excluding hydrogens is 999 g/mol. The lowest BCUT2D eigenvalue weighted by Gasteiger charge is -2.26. The molecule has 0 aliphatic carbocycles. The number of carbonyl (C=O) groups is 7. The number of rotatable bonds is 24. The summed E-state index contributed by atoms with van der Waals surface area (Å²) in [6.07, 6.45) is 1.93. The van der Waals surface area contributed by atoms with Gasteiger partial charge in [0.05, 0.1) is 11.7 Å². The first-order valence-corrected chi connectivity index (χ1v) is 25.9. The van der Waals surface area contributed by atoms with Gasteiger partial charge in [-0.05, 0) is 84.7 Å². The van der Waals surface area contributed by atoms with Gasteiger partial charge in [0.2, 0.25) is 17.7 Å². The number of phosphoric ester groups is 1. The zero-order valence-corrected chi connectivity index (χ0v) is 42.1. The number of nitrogens with one attached hydrogen (secondary N) is 7. The second-order valence-corrected chi connectivity index (χ2v) is 19.6. The van der Waals surface area contributed by atoms with Crippen LogP contribution in [0.2, 0.25) is 0 Å². The minimum absolute atomic E-state index is 0.0413. The fourth-order valence-electron chi connectivity index (χ4n) is 8.93. The maximum absolute atomic E-state index is 13.7. The number of aliphatic hydroxyl groups is 1. The number of imide groups is 1. The van der Waals surface area contributed by atoms with Crippen LogP contribution in [0.4, 0.5) is 21.9 Å². The van der Waals surface area contributed by atoms with Crippen LogP contribution in [-0.4, -0.2) is 117 Å². The maximum Gasteiger partial charge on any atom is 0.524 e. The molecule has 0 saturated carbocycles. The van der Waals surface area contributed by atoms with Crippen molar-refractivity contribution in [3.05, 3.63) is 108 Å². The molecule has 12 N–H and O–H groups in total. The fourth-order valence-corrected chi connectivity index (χ4v) is 9.59. The number of fused-ring (bicyclic) bond motifs is 4. The van der Waals surface area contributed by atoms with Gasteiger partial charge in [-0.3, -0.25) is 43.5 Å². The van der Waals surface area contributed by atoms with Gasteiger partial charge in [-0.2, -0.15) is 0 Å². The molecule has 3 heterocycles. The van der Waals surface area contributed by atoms with Gasteiger partial charge >= 0.3 is 13.9 Å². The highest BCUT2D eigenvalue weighted by atomic mass is 35.5. The van der Waals surface area contributed by atoms with Gasteiger partial charge in [0.15, 0.2) is 6.23 Å². The molecule has 2 aliphatic heterocycles. The maximum atomic E-state index is 13.7. The summed E-state index contributed by atoms with van der Waals surface area (Å²) in [5.74, 6) is -2.88. The van der Waals surface area contributed by atoms with Crippen molar-refractivity contribution < 1.29 is 57.5 Å². The summed E-state index contributed by atoms with van der Waals surface area (Å²) >= 11 is 6.44. The van der Waals surface area contributed by atoms with Gasteiger partial charge in [-0.15, -0.1) is 11.6 Å². The summed E-state index contributed by atoms with van der Waals surface area (Å²) in [5, 5.41) is 30.4. The predicted octanol–water partition coefficient (Wildman–Crippen LogP) is 4.19. The van der Waals surface area contributed by atoms with Crippen molar-refractivity contribution in [2.75, 3.05) is 54.1 Å². The number of primary amides is 1. The number of benzene rings is 4. The molecule has 7 rings (SSSR count). The average Bonchev–Trinajstić information content (AvgIpc) is 4.05. The van der Waals surface area contributed by atoms with Crippen LogP contribution in [0.25, 0.3) is 21.7 Å². The Hall–Kier alpha value is -7.33. The number of carbonyl (C=O) groups excluding carboxylic acids is 7. The van der Waals surface area contributed by atoms with Gasteiger partial charge in [-0.1, -0.05) is 38.1 Å². The topological polar surface area (TPSA) is 327 Å². The molecule has 0 saturated heterocycles. The summed E-state index contributed by atoms with van der Waals surface area (Å²) in [5.41, 5.74) is 8.65. The third-order valence-electron chi connectivity index (χ3n) is 12.5. The Bertz CT molecular complexity index is 3000. The third kappa shape index (κ3) is 13.6. The van der Waals surface area contributed by atoms with Crippen molar-refractivity contribution in [1.29, 1.82) is 0 Å². The molecule has 0 fully saturated rings. The summed E-state index contributed by atoms with van der Waals surface area (Å²) in [7, 11) is -4.93. The second-order valence-electron chi connectivity index (χ2n) is 18.1. The van der Waals surface area contributed by atoms with Crippen molar-refractivity contribution in [3.63, 3.8) is 0 Å². The van der Waals surface area contributed by atoms with Crippen LogP contribution < -0.4 is 47.1 Å². The number of hydrogen-bond donors (Lipinski definition) is 11. The van der Waals surface area contributed by atoms with E-state index >= 15 is 0 Å². The first-order valence-electron chi connectivity index (χ1n) is 23.8. The van der Waals surface area contributed by atoms with Crippen molar-refractivity contribution in [3.8, 4) is 5.75 Å². The number of hydrogen-bond acceptors (Lipinski definition) is 12. The minimum atomic E-state index is -4.93. The molecule has 4 atom stereocenters.